The molecule has 2 rings (SSSR count). The second-order valence-corrected chi connectivity index (χ2v) is 8.54. The number of phenols is 1. The molecule has 1 amide bonds. The summed E-state index contributed by atoms with van der Waals surface area (Å²) in [5.74, 6) is 0.700. The van der Waals surface area contributed by atoms with Crippen molar-refractivity contribution in [3.63, 3.8) is 0 Å². The molecule has 0 fully saturated rings. The minimum Gasteiger partial charge on any atom is -0.506 e. The Balaban J connectivity index is 1.94. The highest BCUT2D eigenvalue weighted by molar-refractivity contribution is 7.99. The molecule has 0 radical (unpaired) electrons. The van der Waals surface area contributed by atoms with Crippen LogP contribution in [0, 0.1) is 34.6 Å². The first-order valence-electron chi connectivity index (χ1n) is 8.77. The van der Waals surface area contributed by atoms with Gasteiger partial charge in [0.25, 0.3) is 0 Å². The Morgan fingerprint density at radius 1 is 1.07 bits per heavy atom. The Morgan fingerprint density at radius 2 is 1.64 bits per heavy atom. The van der Waals surface area contributed by atoms with Crippen LogP contribution in [0.1, 0.15) is 38.9 Å². The van der Waals surface area contributed by atoms with Gasteiger partial charge in [-0.15, -0.1) is 11.8 Å². The van der Waals surface area contributed by atoms with Crippen molar-refractivity contribution in [2.24, 2.45) is 5.10 Å². The average Bonchev–Trinajstić information content (AvgIpc) is 2.65. The van der Waals surface area contributed by atoms with Crippen molar-refractivity contribution < 1.29 is 9.90 Å². The summed E-state index contributed by atoms with van der Waals surface area (Å²) in [7, 11) is 0. The van der Waals surface area contributed by atoms with Crippen molar-refractivity contribution in [2.45, 2.75) is 40.4 Å². The first-order valence-corrected chi connectivity index (χ1v) is 10.7. The molecule has 0 heterocycles. The maximum absolute atomic E-state index is 12.0. The highest BCUT2D eigenvalue weighted by atomic mass is 35.5. The molecule has 0 atom stereocenters. The number of thioether (sulfide) groups is 1. The van der Waals surface area contributed by atoms with E-state index in [0.29, 0.717) is 10.6 Å². The number of nitrogens with one attached hydrogen (secondary N) is 1. The summed E-state index contributed by atoms with van der Waals surface area (Å²) in [5, 5.41) is 14.2. The molecule has 28 heavy (non-hydrogen) atoms. The van der Waals surface area contributed by atoms with Gasteiger partial charge in [0.2, 0.25) is 5.91 Å². The number of carbonyl (C=O) groups is 1. The van der Waals surface area contributed by atoms with Crippen molar-refractivity contribution >= 4 is 47.1 Å². The summed E-state index contributed by atoms with van der Waals surface area (Å²) in [5.41, 5.74) is 10.6. The molecule has 0 spiro atoms. The van der Waals surface area contributed by atoms with Crippen LogP contribution < -0.4 is 5.43 Å². The van der Waals surface area contributed by atoms with Crippen LogP contribution >= 0.6 is 35.0 Å². The molecular weight excluding hydrogens is 415 g/mol. The number of hydrazone groups is 1. The molecule has 2 N–H and O–H groups in total. The molecule has 0 unspecified atom stereocenters. The number of aromatic hydroxyl groups is 1. The van der Waals surface area contributed by atoms with Crippen LogP contribution in [-0.4, -0.2) is 23.0 Å². The summed E-state index contributed by atoms with van der Waals surface area (Å²) < 4.78 is 0. The number of halogens is 2. The number of amides is 1. The predicted molar refractivity (Wildman–Crippen MR) is 120 cm³/mol. The molecule has 7 heteroatoms. The van der Waals surface area contributed by atoms with Crippen molar-refractivity contribution in [3.8, 4) is 5.75 Å². The summed E-state index contributed by atoms with van der Waals surface area (Å²) in [6, 6.07) is 2.95. The van der Waals surface area contributed by atoms with Crippen LogP contribution in [0.15, 0.2) is 17.2 Å². The number of benzene rings is 2. The van der Waals surface area contributed by atoms with Gasteiger partial charge in [-0.2, -0.15) is 5.10 Å². The fourth-order valence-electron chi connectivity index (χ4n) is 2.93. The summed E-state index contributed by atoms with van der Waals surface area (Å²) in [6.45, 7) is 10.7. The fraction of sp³-hybridized carbons (Fsp3) is 0.333. The normalized spacial score (nSPS) is 11.2. The van der Waals surface area contributed by atoms with Gasteiger partial charge in [-0.1, -0.05) is 23.2 Å². The molecule has 0 aliphatic rings. The summed E-state index contributed by atoms with van der Waals surface area (Å²) in [4.78, 5) is 12.0. The van der Waals surface area contributed by atoms with Gasteiger partial charge in [-0.05, 0) is 80.1 Å². The van der Waals surface area contributed by atoms with Gasteiger partial charge >= 0.3 is 0 Å². The molecule has 2 aromatic carbocycles. The van der Waals surface area contributed by atoms with Crippen LogP contribution in [0.3, 0.4) is 0 Å². The Kier molecular flexibility index (Phi) is 7.81. The Morgan fingerprint density at radius 3 is 2.25 bits per heavy atom. The van der Waals surface area contributed by atoms with Crippen molar-refractivity contribution in [1.29, 1.82) is 0 Å². The van der Waals surface area contributed by atoms with Crippen LogP contribution in [0.5, 0.6) is 5.75 Å². The Hall–Kier alpha value is -1.69. The van der Waals surface area contributed by atoms with E-state index in [9.17, 15) is 9.90 Å². The Bertz CT molecular complexity index is 914. The van der Waals surface area contributed by atoms with Crippen molar-refractivity contribution in [3.05, 3.63) is 61.1 Å². The highest BCUT2D eigenvalue weighted by Crippen LogP contribution is 2.30. The minimum atomic E-state index is -0.218. The molecule has 0 saturated heterocycles. The zero-order chi connectivity index (χ0) is 21.0. The number of phenolic OH excluding ortho intramolecular Hbond substituents is 1. The second-order valence-electron chi connectivity index (χ2n) is 6.71. The Labute approximate surface area is 180 Å². The van der Waals surface area contributed by atoms with E-state index < -0.39 is 0 Å². The second kappa shape index (κ2) is 9.68. The standard InChI is InChI=1S/C21H24Cl2N2O2S/c1-11-12(2)14(4)18(15(5)13(11)3)9-28-10-20(26)25-24-8-16-6-17(22)7-19(23)21(16)27/h6-8,27H,9-10H2,1-5H3,(H,25,26). The molecule has 0 saturated carbocycles. The van der Waals surface area contributed by atoms with Crippen LogP contribution in [0.25, 0.3) is 0 Å². The summed E-state index contributed by atoms with van der Waals surface area (Å²) >= 11 is 13.3. The lowest BCUT2D eigenvalue weighted by Crippen LogP contribution is -2.19. The molecule has 0 aliphatic heterocycles. The van der Waals surface area contributed by atoms with E-state index in [2.05, 4.69) is 45.1 Å². The number of nitrogens with zero attached hydrogens (tertiary/aromatic N) is 1. The van der Waals surface area contributed by atoms with E-state index in [1.807, 2.05) is 0 Å². The number of hydrogen-bond acceptors (Lipinski definition) is 4. The number of hydrogen-bond donors (Lipinski definition) is 2. The minimum absolute atomic E-state index is 0.130. The average molecular weight is 439 g/mol. The van der Waals surface area contributed by atoms with Crippen LogP contribution in [-0.2, 0) is 10.5 Å². The van der Waals surface area contributed by atoms with E-state index >= 15 is 0 Å². The molecule has 0 aromatic heterocycles. The third-order valence-corrected chi connectivity index (χ3v) is 6.55. The van der Waals surface area contributed by atoms with E-state index in [4.69, 9.17) is 23.2 Å². The van der Waals surface area contributed by atoms with Gasteiger partial charge < -0.3 is 5.11 Å². The SMILES string of the molecule is Cc1c(C)c(C)c(CSCC(=O)NN=Cc2cc(Cl)cc(Cl)c2O)c(C)c1C. The van der Waals surface area contributed by atoms with E-state index in [1.165, 1.54) is 51.7 Å². The van der Waals surface area contributed by atoms with Gasteiger partial charge in [0, 0.05) is 16.3 Å². The van der Waals surface area contributed by atoms with Gasteiger partial charge in [-0.3, -0.25) is 4.79 Å². The third-order valence-electron chi connectivity index (χ3n) is 5.09. The highest BCUT2D eigenvalue weighted by Gasteiger charge is 2.13. The number of rotatable bonds is 6. The van der Waals surface area contributed by atoms with Gasteiger partial charge in [0.05, 0.1) is 17.0 Å². The molecule has 4 nitrogen and oxygen atoms in total. The van der Waals surface area contributed by atoms with E-state index in [1.54, 1.807) is 11.8 Å². The van der Waals surface area contributed by atoms with Crippen molar-refractivity contribution in [1.82, 2.24) is 5.43 Å². The van der Waals surface area contributed by atoms with Gasteiger partial charge in [-0.25, -0.2) is 5.43 Å². The number of carbonyl (C=O) groups excluding carboxylic acids is 1. The smallest absolute Gasteiger partial charge is 0.250 e. The third kappa shape index (κ3) is 5.22. The zero-order valence-corrected chi connectivity index (χ0v) is 18.9. The van der Waals surface area contributed by atoms with Gasteiger partial charge in [0.15, 0.2) is 0 Å². The lowest BCUT2D eigenvalue weighted by atomic mass is 9.90. The monoisotopic (exact) mass is 438 g/mol. The van der Waals surface area contributed by atoms with Crippen LogP contribution in [0.4, 0.5) is 0 Å². The van der Waals surface area contributed by atoms with E-state index in [0.717, 1.165) is 5.75 Å². The van der Waals surface area contributed by atoms with Gasteiger partial charge in [0.1, 0.15) is 5.75 Å². The van der Waals surface area contributed by atoms with Crippen LogP contribution in [0.2, 0.25) is 10.0 Å². The molecule has 0 bridgehead atoms. The first-order chi connectivity index (χ1) is 13.1. The largest absolute Gasteiger partial charge is 0.506 e. The molecular formula is C21H24Cl2N2O2S. The zero-order valence-electron chi connectivity index (χ0n) is 16.6. The van der Waals surface area contributed by atoms with Crippen molar-refractivity contribution in [2.75, 3.05) is 5.75 Å². The molecule has 150 valence electrons. The maximum Gasteiger partial charge on any atom is 0.250 e. The fourth-order valence-corrected chi connectivity index (χ4v) is 4.43. The lowest BCUT2D eigenvalue weighted by molar-refractivity contribution is -0.118. The lowest BCUT2D eigenvalue weighted by Gasteiger charge is -2.18. The maximum atomic E-state index is 12.0. The molecule has 0 aliphatic carbocycles. The van der Waals surface area contributed by atoms with E-state index in [-0.39, 0.29) is 22.4 Å². The first kappa shape index (κ1) is 22.6. The predicted octanol–water partition coefficient (Wildman–Crippen LogP) is 5.62. The molecule has 2 aromatic rings. The quantitative estimate of drug-likeness (QED) is 0.453. The summed E-state index contributed by atoms with van der Waals surface area (Å²) in [6.07, 6.45) is 1.32. The topological polar surface area (TPSA) is 61.7 Å².